The lowest BCUT2D eigenvalue weighted by molar-refractivity contribution is -0.142. The van der Waals surface area contributed by atoms with Crippen molar-refractivity contribution in [1.29, 1.82) is 5.26 Å². The molecule has 2 N–H and O–H groups in total. The Balaban J connectivity index is 2.92. The fourth-order valence-electron chi connectivity index (χ4n) is 1.89. The van der Waals surface area contributed by atoms with E-state index in [9.17, 15) is 13.2 Å². The normalized spacial score (nSPS) is 12.9. The fraction of sp³-hybridized carbons (Fsp3) is 0.429. The summed E-state index contributed by atoms with van der Waals surface area (Å²) < 4.78 is 26.6. The maximum Gasteiger partial charge on any atom is 0.307 e. The van der Waals surface area contributed by atoms with Gasteiger partial charge >= 0.3 is 5.97 Å². The Morgan fingerprint density at radius 3 is 2.59 bits per heavy atom. The molecule has 0 aliphatic heterocycles. The van der Waals surface area contributed by atoms with Gasteiger partial charge in [0.15, 0.2) is 0 Å². The van der Waals surface area contributed by atoms with Crippen LogP contribution < -0.4 is 4.72 Å². The number of nitrogens with one attached hydrogen (secondary N) is 1. The number of rotatable bonds is 7. The van der Waals surface area contributed by atoms with Gasteiger partial charge in [-0.15, -0.1) is 0 Å². The van der Waals surface area contributed by atoms with Crippen LogP contribution >= 0.6 is 11.6 Å². The quantitative estimate of drug-likeness (QED) is 0.788. The van der Waals surface area contributed by atoms with E-state index in [0.29, 0.717) is 6.42 Å². The number of nitriles is 1. The molecule has 1 rings (SSSR count). The van der Waals surface area contributed by atoms with Gasteiger partial charge in [-0.3, -0.25) is 4.79 Å². The molecule has 1 aromatic carbocycles. The highest BCUT2D eigenvalue weighted by Crippen LogP contribution is 2.20. The minimum atomic E-state index is -3.90. The molecule has 1 unspecified atom stereocenters. The highest BCUT2D eigenvalue weighted by molar-refractivity contribution is 7.89. The maximum atomic E-state index is 12.2. The van der Waals surface area contributed by atoms with Crippen LogP contribution in [0.3, 0.4) is 0 Å². The van der Waals surface area contributed by atoms with E-state index in [1.54, 1.807) is 6.07 Å². The molecule has 0 amide bonds. The molecule has 0 fully saturated rings. The van der Waals surface area contributed by atoms with Gasteiger partial charge < -0.3 is 5.11 Å². The topological polar surface area (TPSA) is 107 Å². The molecule has 1 atom stereocenters. The summed E-state index contributed by atoms with van der Waals surface area (Å²) in [7, 11) is -3.90. The molecule has 0 spiro atoms. The van der Waals surface area contributed by atoms with E-state index in [-0.39, 0.29) is 27.9 Å². The first kappa shape index (κ1) is 18.4. The Morgan fingerprint density at radius 1 is 1.45 bits per heavy atom. The first-order valence-electron chi connectivity index (χ1n) is 6.59. The predicted octanol–water partition coefficient (Wildman–Crippen LogP) is 2.24. The Labute approximate surface area is 134 Å². The third-order valence-corrected chi connectivity index (χ3v) is 4.74. The minimum absolute atomic E-state index is 0.0431. The van der Waals surface area contributed by atoms with Gasteiger partial charge in [-0.05, 0) is 30.5 Å². The Kier molecular flexibility index (Phi) is 6.35. The Hall–Kier alpha value is -1.62. The molecule has 0 saturated heterocycles. The molecule has 120 valence electrons. The Morgan fingerprint density at radius 2 is 2.09 bits per heavy atom. The van der Waals surface area contributed by atoms with Crippen LogP contribution in [-0.2, 0) is 14.8 Å². The van der Waals surface area contributed by atoms with Gasteiger partial charge in [0, 0.05) is 6.54 Å². The van der Waals surface area contributed by atoms with Gasteiger partial charge in [0.2, 0.25) is 10.0 Å². The molecule has 0 aliphatic carbocycles. The average Bonchev–Trinajstić information content (AvgIpc) is 2.43. The van der Waals surface area contributed by atoms with Gasteiger partial charge in [0.1, 0.15) is 6.07 Å². The molecule has 0 aromatic heterocycles. The van der Waals surface area contributed by atoms with Crippen molar-refractivity contribution in [2.45, 2.75) is 25.2 Å². The lowest BCUT2D eigenvalue weighted by atomic mass is 9.98. The first-order chi connectivity index (χ1) is 10.2. The number of carboxylic acid groups (broad SMARTS) is 1. The van der Waals surface area contributed by atoms with E-state index in [1.807, 2.05) is 13.8 Å². The first-order valence-corrected chi connectivity index (χ1v) is 8.45. The molecule has 0 heterocycles. The van der Waals surface area contributed by atoms with Gasteiger partial charge in [-0.1, -0.05) is 25.4 Å². The van der Waals surface area contributed by atoms with Crippen LogP contribution in [0.15, 0.2) is 23.1 Å². The van der Waals surface area contributed by atoms with Crippen molar-refractivity contribution in [2.24, 2.45) is 11.8 Å². The van der Waals surface area contributed by atoms with Gasteiger partial charge in [-0.25, -0.2) is 13.1 Å². The lowest BCUT2D eigenvalue weighted by Gasteiger charge is -2.15. The second-order valence-electron chi connectivity index (χ2n) is 5.27. The largest absolute Gasteiger partial charge is 0.481 e. The van der Waals surface area contributed by atoms with E-state index >= 15 is 0 Å². The van der Waals surface area contributed by atoms with Crippen molar-refractivity contribution in [1.82, 2.24) is 4.72 Å². The summed E-state index contributed by atoms with van der Waals surface area (Å²) >= 11 is 5.76. The number of aliphatic carboxylic acids is 1. The monoisotopic (exact) mass is 344 g/mol. The summed E-state index contributed by atoms with van der Waals surface area (Å²) in [6.07, 6.45) is 0.363. The highest BCUT2D eigenvalue weighted by atomic mass is 35.5. The van der Waals surface area contributed by atoms with Crippen LogP contribution in [0.4, 0.5) is 0 Å². The second kappa shape index (κ2) is 7.58. The smallest absolute Gasteiger partial charge is 0.307 e. The number of carboxylic acids is 1. The van der Waals surface area contributed by atoms with Crippen LogP contribution in [0.2, 0.25) is 5.02 Å². The van der Waals surface area contributed by atoms with Crippen LogP contribution in [0.25, 0.3) is 0 Å². The minimum Gasteiger partial charge on any atom is -0.481 e. The molecule has 0 saturated carbocycles. The van der Waals surface area contributed by atoms with Gasteiger partial charge in [0.05, 0.1) is 21.4 Å². The molecule has 0 radical (unpaired) electrons. The molecular weight excluding hydrogens is 328 g/mol. The fourth-order valence-corrected chi connectivity index (χ4v) is 3.16. The van der Waals surface area contributed by atoms with E-state index in [0.717, 1.165) is 6.07 Å². The van der Waals surface area contributed by atoms with Crippen molar-refractivity contribution in [3.05, 3.63) is 28.8 Å². The summed E-state index contributed by atoms with van der Waals surface area (Å²) in [6.45, 7) is 3.52. The third-order valence-electron chi connectivity index (χ3n) is 2.99. The predicted molar refractivity (Wildman–Crippen MR) is 81.9 cm³/mol. The van der Waals surface area contributed by atoms with Crippen molar-refractivity contribution >= 4 is 27.6 Å². The molecule has 1 aromatic rings. The molecule has 22 heavy (non-hydrogen) atoms. The summed E-state index contributed by atoms with van der Waals surface area (Å²) in [5, 5.41) is 18.1. The van der Waals surface area contributed by atoms with Crippen molar-refractivity contribution in [2.75, 3.05) is 6.54 Å². The number of halogens is 1. The van der Waals surface area contributed by atoms with Gasteiger partial charge in [-0.2, -0.15) is 5.26 Å². The lowest BCUT2D eigenvalue weighted by Crippen LogP contribution is -2.33. The van der Waals surface area contributed by atoms with E-state index in [1.165, 1.54) is 12.1 Å². The van der Waals surface area contributed by atoms with E-state index in [4.69, 9.17) is 22.0 Å². The zero-order chi connectivity index (χ0) is 16.9. The van der Waals surface area contributed by atoms with Crippen LogP contribution in [-0.4, -0.2) is 26.0 Å². The van der Waals surface area contributed by atoms with Crippen molar-refractivity contribution in [3.8, 4) is 6.07 Å². The number of carbonyl (C=O) groups is 1. The average molecular weight is 345 g/mol. The summed E-state index contributed by atoms with van der Waals surface area (Å²) in [5.41, 5.74) is 0.0431. The zero-order valence-electron chi connectivity index (χ0n) is 12.2. The number of hydrogen-bond acceptors (Lipinski definition) is 4. The molecule has 6 nitrogen and oxygen atoms in total. The third kappa shape index (κ3) is 4.98. The van der Waals surface area contributed by atoms with Crippen LogP contribution in [0.5, 0.6) is 0 Å². The van der Waals surface area contributed by atoms with Crippen LogP contribution in [0.1, 0.15) is 25.8 Å². The number of sulfonamides is 1. The summed E-state index contributed by atoms with van der Waals surface area (Å²) in [6, 6.07) is 5.54. The van der Waals surface area contributed by atoms with Gasteiger partial charge in [0.25, 0.3) is 0 Å². The molecule has 0 bridgehead atoms. The molecule has 8 heteroatoms. The summed E-state index contributed by atoms with van der Waals surface area (Å²) in [4.78, 5) is 11.0. The molecular formula is C14H17ClN2O4S. The highest BCUT2D eigenvalue weighted by Gasteiger charge is 2.23. The number of nitrogens with zero attached hydrogens (tertiary/aromatic N) is 1. The number of benzene rings is 1. The number of hydrogen-bond donors (Lipinski definition) is 2. The molecule has 0 aliphatic rings. The van der Waals surface area contributed by atoms with Crippen LogP contribution in [0, 0.1) is 23.2 Å². The second-order valence-corrected chi connectivity index (χ2v) is 7.44. The summed E-state index contributed by atoms with van der Waals surface area (Å²) in [5.74, 6) is -1.73. The van der Waals surface area contributed by atoms with E-state index < -0.39 is 21.9 Å². The van der Waals surface area contributed by atoms with E-state index in [2.05, 4.69) is 4.72 Å². The SMILES string of the molecule is CC(C)CC(CNS(=O)(=O)c1ccc(Cl)c(C#N)c1)C(=O)O. The maximum absolute atomic E-state index is 12.2. The van der Waals surface area contributed by atoms with Crippen molar-refractivity contribution in [3.63, 3.8) is 0 Å². The Bertz CT molecular complexity index is 695. The standard InChI is InChI=1S/C14H17ClN2O4S/c1-9(2)5-11(14(18)19)8-17-22(20,21)12-3-4-13(15)10(6-12)7-16/h3-4,6,9,11,17H,5,8H2,1-2H3,(H,18,19). The van der Waals surface area contributed by atoms with Crippen molar-refractivity contribution < 1.29 is 18.3 Å². The zero-order valence-corrected chi connectivity index (χ0v) is 13.8.